The van der Waals surface area contributed by atoms with Crippen LogP contribution in [-0.4, -0.2) is 98.4 Å². The summed E-state index contributed by atoms with van der Waals surface area (Å²) < 4.78 is 68.2. The highest BCUT2D eigenvalue weighted by Gasteiger charge is 2.45. The van der Waals surface area contributed by atoms with Crippen LogP contribution in [0.5, 0.6) is 5.75 Å². The summed E-state index contributed by atoms with van der Waals surface area (Å²) in [7, 11) is -2.60. The zero-order valence-corrected chi connectivity index (χ0v) is 24.1. The van der Waals surface area contributed by atoms with E-state index in [2.05, 4.69) is 9.88 Å². The van der Waals surface area contributed by atoms with Crippen molar-refractivity contribution in [1.29, 1.82) is 0 Å². The van der Waals surface area contributed by atoms with Crippen molar-refractivity contribution >= 4 is 15.9 Å². The minimum Gasteiger partial charge on any atom is -0.497 e. The largest absolute Gasteiger partial charge is 0.497 e. The Morgan fingerprint density at radius 3 is 2.45 bits per heavy atom. The SMILES string of the molecule is COc1cc(C)c(S(=O)(=O)N2CCC(F)(F)C[C@H]2COCC(=O)N2CCCN(Cc3ccncc3)CC2)c(C)c1. The first-order valence-corrected chi connectivity index (χ1v) is 15.0. The number of hydrogen-bond donors (Lipinski definition) is 0. The van der Waals surface area contributed by atoms with E-state index < -0.39 is 34.8 Å². The molecule has 1 atom stereocenters. The summed E-state index contributed by atoms with van der Waals surface area (Å²) in [5.74, 6) is -2.73. The van der Waals surface area contributed by atoms with Crippen LogP contribution < -0.4 is 4.74 Å². The van der Waals surface area contributed by atoms with Gasteiger partial charge in [0, 0.05) is 64.5 Å². The van der Waals surface area contributed by atoms with Crippen LogP contribution in [-0.2, 0) is 26.1 Å². The molecule has 2 aliphatic heterocycles. The van der Waals surface area contributed by atoms with Gasteiger partial charge in [-0.25, -0.2) is 17.2 Å². The number of hydrogen-bond acceptors (Lipinski definition) is 7. The lowest BCUT2D eigenvalue weighted by Crippen LogP contribution is -2.52. The second-order valence-electron chi connectivity index (χ2n) is 10.6. The van der Waals surface area contributed by atoms with Gasteiger partial charge in [-0.3, -0.25) is 14.7 Å². The molecule has 0 bridgehead atoms. The van der Waals surface area contributed by atoms with E-state index in [1.807, 2.05) is 12.1 Å². The van der Waals surface area contributed by atoms with Crippen LogP contribution in [0, 0.1) is 13.8 Å². The Morgan fingerprint density at radius 2 is 1.77 bits per heavy atom. The van der Waals surface area contributed by atoms with Gasteiger partial charge in [-0.15, -0.1) is 0 Å². The summed E-state index contributed by atoms with van der Waals surface area (Å²) in [4.78, 5) is 21.0. The summed E-state index contributed by atoms with van der Waals surface area (Å²) in [6.45, 7) is 5.83. The Balaban J connectivity index is 1.37. The van der Waals surface area contributed by atoms with E-state index in [4.69, 9.17) is 9.47 Å². The molecule has 12 heteroatoms. The first kappa shape index (κ1) is 30.3. The number of carbonyl (C=O) groups is 1. The fraction of sp³-hybridized carbons (Fsp3) is 0.571. The number of halogens is 2. The van der Waals surface area contributed by atoms with Gasteiger partial charge in [-0.05, 0) is 61.2 Å². The van der Waals surface area contributed by atoms with E-state index >= 15 is 0 Å². The molecule has 0 N–H and O–H groups in total. The van der Waals surface area contributed by atoms with Crippen molar-refractivity contribution in [1.82, 2.24) is 19.1 Å². The fourth-order valence-electron chi connectivity index (χ4n) is 5.51. The van der Waals surface area contributed by atoms with Gasteiger partial charge in [0.2, 0.25) is 15.9 Å². The van der Waals surface area contributed by atoms with Crippen LogP contribution in [0.15, 0.2) is 41.6 Å². The smallest absolute Gasteiger partial charge is 0.251 e. The van der Waals surface area contributed by atoms with Gasteiger partial charge in [-0.1, -0.05) is 0 Å². The van der Waals surface area contributed by atoms with Crippen LogP contribution in [0.2, 0.25) is 0 Å². The third-order valence-corrected chi connectivity index (χ3v) is 9.77. The predicted octanol–water partition coefficient (Wildman–Crippen LogP) is 3.25. The number of benzene rings is 1. The number of nitrogens with zero attached hydrogens (tertiary/aromatic N) is 4. The second-order valence-corrected chi connectivity index (χ2v) is 12.4. The fourth-order valence-corrected chi connectivity index (χ4v) is 7.54. The van der Waals surface area contributed by atoms with Gasteiger partial charge < -0.3 is 14.4 Å². The summed E-state index contributed by atoms with van der Waals surface area (Å²) in [6, 6.07) is 6.07. The minimum absolute atomic E-state index is 0.0838. The molecule has 9 nitrogen and oxygen atoms in total. The summed E-state index contributed by atoms with van der Waals surface area (Å²) in [5.41, 5.74) is 2.10. The number of carbonyl (C=O) groups excluding carboxylic acids is 1. The lowest BCUT2D eigenvalue weighted by molar-refractivity contribution is -0.137. The molecule has 0 aliphatic carbocycles. The summed E-state index contributed by atoms with van der Waals surface area (Å²) in [5, 5.41) is 0. The van der Waals surface area contributed by atoms with Crippen LogP contribution in [0.4, 0.5) is 8.78 Å². The lowest BCUT2D eigenvalue weighted by atomic mass is 10.0. The third-order valence-electron chi connectivity index (χ3n) is 7.51. The predicted molar refractivity (Wildman–Crippen MR) is 146 cm³/mol. The second kappa shape index (κ2) is 12.9. The van der Waals surface area contributed by atoms with Crippen molar-refractivity contribution in [3.63, 3.8) is 0 Å². The van der Waals surface area contributed by atoms with Gasteiger partial charge in [0.05, 0.1) is 24.7 Å². The number of sulfonamides is 1. The van der Waals surface area contributed by atoms with Crippen LogP contribution in [0.1, 0.15) is 36.0 Å². The highest BCUT2D eigenvalue weighted by Crippen LogP contribution is 2.37. The lowest BCUT2D eigenvalue weighted by Gasteiger charge is -2.38. The van der Waals surface area contributed by atoms with Gasteiger partial charge >= 0.3 is 0 Å². The van der Waals surface area contributed by atoms with Crippen molar-refractivity contribution in [2.24, 2.45) is 0 Å². The van der Waals surface area contributed by atoms with E-state index in [0.29, 0.717) is 36.5 Å². The van der Waals surface area contributed by atoms with Crippen molar-refractivity contribution in [3.05, 3.63) is 53.3 Å². The van der Waals surface area contributed by atoms with Crippen LogP contribution in [0.3, 0.4) is 0 Å². The van der Waals surface area contributed by atoms with E-state index in [-0.39, 0.29) is 30.6 Å². The molecule has 3 heterocycles. The van der Waals surface area contributed by atoms with Gasteiger partial charge in [0.25, 0.3) is 5.92 Å². The molecule has 1 aromatic carbocycles. The normalized spacial score (nSPS) is 20.7. The zero-order valence-electron chi connectivity index (χ0n) is 23.3. The zero-order chi connectivity index (χ0) is 28.9. The van der Waals surface area contributed by atoms with E-state index in [9.17, 15) is 22.0 Å². The molecular weight excluding hydrogens is 542 g/mol. The summed E-state index contributed by atoms with van der Waals surface area (Å²) >= 11 is 0. The molecule has 0 unspecified atom stereocenters. The maximum atomic E-state index is 14.4. The number of methoxy groups -OCH3 is 1. The first-order chi connectivity index (χ1) is 19.0. The van der Waals surface area contributed by atoms with E-state index in [0.717, 1.165) is 29.4 Å². The van der Waals surface area contributed by atoms with Crippen LogP contribution >= 0.6 is 0 Å². The molecule has 2 aliphatic rings. The quantitative estimate of drug-likeness (QED) is 0.450. The number of aromatic nitrogens is 1. The van der Waals surface area contributed by atoms with Crippen molar-refractivity contribution in [2.75, 3.05) is 53.0 Å². The maximum Gasteiger partial charge on any atom is 0.251 e. The standard InChI is InChI=1S/C28H38F2N4O5S/c1-21-15-25(38-3)16-22(2)27(21)40(36,37)34-12-7-28(29,30)17-24(34)19-39-20-26(35)33-11-4-10-32(13-14-33)18-23-5-8-31-9-6-23/h5-6,8-9,15-16,24H,4,7,10-14,17-20H2,1-3H3/t24-/m0/s1. The third kappa shape index (κ3) is 7.34. The molecule has 0 radical (unpaired) electrons. The Labute approximate surface area is 235 Å². The average Bonchev–Trinajstić information content (AvgIpc) is 3.13. The summed E-state index contributed by atoms with van der Waals surface area (Å²) in [6.07, 6.45) is 3.09. The number of pyridine rings is 1. The molecular formula is C28H38F2N4O5S. The number of piperidine rings is 1. The van der Waals surface area contributed by atoms with Crippen molar-refractivity contribution < 1.29 is 31.5 Å². The molecule has 2 fully saturated rings. The molecule has 2 saturated heterocycles. The highest BCUT2D eigenvalue weighted by atomic mass is 32.2. The molecule has 0 spiro atoms. The van der Waals surface area contributed by atoms with Gasteiger partial charge in [-0.2, -0.15) is 4.31 Å². The molecule has 0 saturated carbocycles. The van der Waals surface area contributed by atoms with Gasteiger partial charge in [0.1, 0.15) is 12.4 Å². The monoisotopic (exact) mass is 580 g/mol. The van der Waals surface area contributed by atoms with E-state index in [1.165, 1.54) is 7.11 Å². The van der Waals surface area contributed by atoms with Crippen molar-refractivity contribution in [2.45, 2.75) is 56.5 Å². The minimum atomic E-state index is -4.10. The molecule has 1 aromatic heterocycles. The van der Waals surface area contributed by atoms with Crippen LogP contribution in [0.25, 0.3) is 0 Å². The number of ether oxygens (including phenoxy) is 2. The molecule has 1 amide bonds. The topological polar surface area (TPSA) is 92.3 Å². The Hall–Kier alpha value is -2.67. The average molecular weight is 581 g/mol. The molecule has 220 valence electrons. The molecule has 40 heavy (non-hydrogen) atoms. The van der Waals surface area contributed by atoms with Crippen molar-refractivity contribution in [3.8, 4) is 5.75 Å². The van der Waals surface area contributed by atoms with E-state index in [1.54, 1.807) is 43.3 Å². The first-order valence-electron chi connectivity index (χ1n) is 13.5. The van der Waals surface area contributed by atoms with Gasteiger partial charge in [0.15, 0.2) is 0 Å². The maximum absolute atomic E-state index is 14.4. The number of aryl methyl sites for hydroxylation is 2. The Morgan fingerprint density at radius 1 is 1.07 bits per heavy atom. The molecule has 4 rings (SSSR count). The highest BCUT2D eigenvalue weighted by molar-refractivity contribution is 7.89. The number of amides is 1. The number of alkyl halides is 2. The Kier molecular flexibility index (Phi) is 9.76. The Bertz CT molecular complexity index is 1260. The number of rotatable bonds is 9. The molecule has 2 aromatic rings.